The summed E-state index contributed by atoms with van der Waals surface area (Å²) in [5.41, 5.74) is 3.63. The minimum absolute atomic E-state index is 0.697. The van der Waals surface area contributed by atoms with Crippen LogP contribution in [0.25, 0.3) is 0 Å². The van der Waals surface area contributed by atoms with Gasteiger partial charge in [-0.15, -0.1) is 11.3 Å². The van der Waals surface area contributed by atoms with Crippen molar-refractivity contribution in [2.45, 2.75) is 40.2 Å². The predicted molar refractivity (Wildman–Crippen MR) is 99.2 cm³/mol. The van der Waals surface area contributed by atoms with Crippen molar-refractivity contribution in [2.75, 3.05) is 13.1 Å². The standard InChI is InChI=1S/C18H26N4S/c1-4-19-18(21-12-16-8-5-7-14(2)11-16)20-10-6-9-17-22-15(3)13-23-17/h5,7-8,11,13H,4,6,9-10,12H2,1-3H3,(H2,19,20,21). The Morgan fingerprint density at radius 2 is 2.13 bits per heavy atom. The molecular formula is C18H26N4S. The van der Waals surface area contributed by atoms with E-state index in [0.29, 0.717) is 6.54 Å². The third kappa shape index (κ3) is 6.40. The first-order valence-electron chi connectivity index (χ1n) is 8.16. The molecule has 0 saturated carbocycles. The molecule has 2 aromatic rings. The van der Waals surface area contributed by atoms with Crippen LogP contribution >= 0.6 is 11.3 Å². The maximum Gasteiger partial charge on any atom is 0.191 e. The molecule has 5 heteroatoms. The fourth-order valence-electron chi connectivity index (χ4n) is 2.29. The molecule has 0 aliphatic heterocycles. The Kier molecular flexibility index (Phi) is 7.07. The van der Waals surface area contributed by atoms with E-state index in [0.717, 1.165) is 37.6 Å². The summed E-state index contributed by atoms with van der Waals surface area (Å²) >= 11 is 1.74. The van der Waals surface area contributed by atoms with Crippen molar-refractivity contribution in [3.05, 3.63) is 51.5 Å². The molecule has 1 aromatic carbocycles. The van der Waals surface area contributed by atoms with Gasteiger partial charge >= 0.3 is 0 Å². The quantitative estimate of drug-likeness (QED) is 0.464. The lowest BCUT2D eigenvalue weighted by Gasteiger charge is -2.11. The lowest BCUT2D eigenvalue weighted by molar-refractivity contribution is 0.740. The average molecular weight is 331 g/mol. The number of nitrogens with zero attached hydrogens (tertiary/aromatic N) is 2. The topological polar surface area (TPSA) is 49.3 Å². The second-order valence-electron chi connectivity index (χ2n) is 5.60. The van der Waals surface area contributed by atoms with E-state index >= 15 is 0 Å². The first kappa shape index (κ1) is 17.5. The second kappa shape index (κ2) is 9.30. The number of hydrogen-bond donors (Lipinski definition) is 2. The molecule has 2 N–H and O–H groups in total. The summed E-state index contributed by atoms with van der Waals surface area (Å²) in [6.07, 6.45) is 2.07. The second-order valence-corrected chi connectivity index (χ2v) is 6.54. The number of benzene rings is 1. The van der Waals surface area contributed by atoms with Gasteiger partial charge in [-0.1, -0.05) is 29.8 Å². The van der Waals surface area contributed by atoms with Crippen molar-refractivity contribution < 1.29 is 0 Å². The number of aromatic nitrogens is 1. The van der Waals surface area contributed by atoms with Gasteiger partial charge in [0.2, 0.25) is 0 Å². The molecule has 0 saturated heterocycles. The van der Waals surface area contributed by atoms with Crippen molar-refractivity contribution in [1.82, 2.24) is 15.6 Å². The molecule has 1 aromatic heterocycles. The third-order valence-corrected chi connectivity index (χ3v) is 4.40. The minimum atomic E-state index is 0.697. The molecule has 124 valence electrons. The lowest BCUT2D eigenvalue weighted by Crippen LogP contribution is -2.37. The van der Waals surface area contributed by atoms with Crippen LogP contribution in [-0.2, 0) is 13.0 Å². The molecule has 0 radical (unpaired) electrons. The summed E-state index contributed by atoms with van der Waals surface area (Å²) in [5, 5.41) is 10.0. The number of aryl methyl sites for hydroxylation is 3. The number of rotatable bonds is 7. The Morgan fingerprint density at radius 1 is 1.26 bits per heavy atom. The van der Waals surface area contributed by atoms with Gasteiger partial charge in [-0.25, -0.2) is 9.98 Å². The smallest absolute Gasteiger partial charge is 0.191 e. The summed E-state index contributed by atoms with van der Waals surface area (Å²) in [5.74, 6) is 0.879. The predicted octanol–water partition coefficient (Wildman–Crippen LogP) is 3.45. The molecule has 23 heavy (non-hydrogen) atoms. The molecule has 2 rings (SSSR count). The zero-order chi connectivity index (χ0) is 16.5. The molecule has 0 atom stereocenters. The van der Waals surface area contributed by atoms with Crippen LogP contribution in [0.15, 0.2) is 34.6 Å². The normalized spacial score (nSPS) is 11.5. The highest BCUT2D eigenvalue weighted by atomic mass is 32.1. The van der Waals surface area contributed by atoms with Crippen LogP contribution in [0.1, 0.15) is 35.2 Å². The molecule has 0 fully saturated rings. The Balaban J connectivity index is 1.79. The Hall–Kier alpha value is -1.88. The third-order valence-electron chi connectivity index (χ3n) is 3.37. The summed E-state index contributed by atoms with van der Waals surface area (Å²) in [6.45, 7) is 8.70. The van der Waals surface area contributed by atoms with E-state index in [1.54, 1.807) is 11.3 Å². The van der Waals surface area contributed by atoms with Gasteiger partial charge < -0.3 is 10.6 Å². The molecule has 0 aliphatic rings. The maximum absolute atomic E-state index is 4.65. The van der Waals surface area contributed by atoms with Crippen LogP contribution in [0, 0.1) is 13.8 Å². The van der Waals surface area contributed by atoms with Gasteiger partial charge in [0.1, 0.15) is 0 Å². The zero-order valence-corrected chi connectivity index (χ0v) is 15.0. The number of aliphatic imine (C=N–C) groups is 1. The molecule has 0 bridgehead atoms. The van der Waals surface area contributed by atoms with Crippen LogP contribution in [-0.4, -0.2) is 24.0 Å². The van der Waals surface area contributed by atoms with Crippen LogP contribution in [0.4, 0.5) is 0 Å². The zero-order valence-electron chi connectivity index (χ0n) is 14.2. The Morgan fingerprint density at radius 3 is 2.83 bits per heavy atom. The first-order chi connectivity index (χ1) is 11.2. The van der Waals surface area contributed by atoms with Gasteiger partial charge in [0, 0.05) is 30.6 Å². The minimum Gasteiger partial charge on any atom is -0.357 e. The summed E-state index contributed by atoms with van der Waals surface area (Å²) in [6, 6.07) is 8.48. The van der Waals surface area contributed by atoms with Crippen molar-refractivity contribution in [1.29, 1.82) is 0 Å². The van der Waals surface area contributed by atoms with Gasteiger partial charge in [0.05, 0.1) is 11.6 Å². The fraction of sp³-hybridized carbons (Fsp3) is 0.444. The highest BCUT2D eigenvalue weighted by Crippen LogP contribution is 2.10. The highest BCUT2D eigenvalue weighted by Gasteiger charge is 2.00. The Labute approximate surface area is 143 Å². The number of nitrogens with one attached hydrogen (secondary N) is 2. The lowest BCUT2D eigenvalue weighted by atomic mass is 10.1. The fourth-order valence-corrected chi connectivity index (χ4v) is 3.10. The summed E-state index contributed by atoms with van der Waals surface area (Å²) in [4.78, 5) is 9.15. The number of guanidine groups is 1. The molecule has 1 heterocycles. The van der Waals surface area contributed by atoms with Gasteiger partial charge in [0.15, 0.2) is 5.96 Å². The van der Waals surface area contributed by atoms with E-state index in [1.807, 2.05) is 6.92 Å². The first-order valence-corrected chi connectivity index (χ1v) is 9.04. The molecule has 4 nitrogen and oxygen atoms in total. The number of thiazole rings is 1. The largest absolute Gasteiger partial charge is 0.357 e. The van der Waals surface area contributed by atoms with E-state index < -0.39 is 0 Å². The van der Waals surface area contributed by atoms with E-state index in [1.165, 1.54) is 16.1 Å². The molecule has 0 spiro atoms. The van der Waals surface area contributed by atoms with Crippen LogP contribution in [0.3, 0.4) is 0 Å². The monoisotopic (exact) mass is 330 g/mol. The van der Waals surface area contributed by atoms with E-state index in [-0.39, 0.29) is 0 Å². The van der Waals surface area contributed by atoms with Gasteiger partial charge in [-0.3, -0.25) is 0 Å². The van der Waals surface area contributed by atoms with Crippen molar-refractivity contribution in [3.8, 4) is 0 Å². The molecule has 0 aliphatic carbocycles. The summed E-state index contributed by atoms with van der Waals surface area (Å²) < 4.78 is 0. The van der Waals surface area contributed by atoms with Gasteiger partial charge in [0.25, 0.3) is 0 Å². The van der Waals surface area contributed by atoms with E-state index in [2.05, 4.69) is 64.1 Å². The molecule has 0 amide bonds. The Bertz CT molecular complexity index is 633. The van der Waals surface area contributed by atoms with Crippen molar-refractivity contribution in [3.63, 3.8) is 0 Å². The average Bonchev–Trinajstić information content (AvgIpc) is 2.94. The van der Waals surface area contributed by atoms with Gasteiger partial charge in [-0.05, 0) is 32.8 Å². The summed E-state index contributed by atoms with van der Waals surface area (Å²) in [7, 11) is 0. The van der Waals surface area contributed by atoms with Crippen molar-refractivity contribution >= 4 is 17.3 Å². The maximum atomic E-state index is 4.65. The van der Waals surface area contributed by atoms with Crippen molar-refractivity contribution in [2.24, 2.45) is 4.99 Å². The number of hydrogen-bond acceptors (Lipinski definition) is 3. The van der Waals surface area contributed by atoms with Gasteiger partial charge in [-0.2, -0.15) is 0 Å². The molecule has 0 unspecified atom stereocenters. The van der Waals surface area contributed by atoms with Crippen LogP contribution < -0.4 is 10.6 Å². The SMILES string of the molecule is CCNC(=NCc1cccc(C)c1)NCCCc1nc(C)cs1. The van der Waals surface area contributed by atoms with Crippen LogP contribution in [0.2, 0.25) is 0 Å². The van der Waals surface area contributed by atoms with E-state index in [4.69, 9.17) is 0 Å². The highest BCUT2D eigenvalue weighted by molar-refractivity contribution is 7.09. The van der Waals surface area contributed by atoms with E-state index in [9.17, 15) is 0 Å². The molecular weight excluding hydrogens is 304 g/mol. The van der Waals surface area contributed by atoms with Crippen LogP contribution in [0.5, 0.6) is 0 Å².